The fraction of sp³-hybridized carbons (Fsp3) is 0.188. The molecule has 0 atom stereocenters. The number of hydrogen-bond acceptors (Lipinski definition) is 5. The van der Waals surface area contributed by atoms with E-state index in [1.165, 1.54) is 6.20 Å². The maximum atomic E-state index is 13.1. The van der Waals surface area contributed by atoms with Crippen LogP contribution in [0.4, 0.5) is 0 Å². The summed E-state index contributed by atoms with van der Waals surface area (Å²) in [6.07, 6.45) is 4.93. The molecule has 0 aliphatic rings. The molecule has 24 heavy (non-hydrogen) atoms. The molecule has 1 aromatic carbocycles. The number of rotatable bonds is 2. The van der Waals surface area contributed by atoms with Crippen LogP contribution in [0, 0.1) is 11.5 Å². The molecule has 0 N–H and O–H groups in total. The first-order chi connectivity index (χ1) is 11.6. The summed E-state index contributed by atoms with van der Waals surface area (Å²) < 4.78 is 4.54. The fourth-order valence-corrected chi connectivity index (χ4v) is 3.00. The number of para-hydroxylation sites is 2. The molecule has 0 fully saturated rings. The molecule has 0 bridgehead atoms. The summed E-state index contributed by atoms with van der Waals surface area (Å²) in [5.41, 5.74) is 2.73. The fourth-order valence-electron chi connectivity index (χ4n) is 3.00. The maximum absolute atomic E-state index is 13.1. The van der Waals surface area contributed by atoms with Crippen LogP contribution in [0.2, 0.25) is 0 Å². The van der Waals surface area contributed by atoms with Crippen LogP contribution in [0.1, 0.15) is 19.9 Å². The first-order valence-corrected chi connectivity index (χ1v) is 7.45. The van der Waals surface area contributed by atoms with Gasteiger partial charge in [0, 0.05) is 6.04 Å². The van der Waals surface area contributed by atoms with Gasteiger partial charge in [-0.3, -0.25) is 9.20 Å². The molecule has 0 saturated carbocycles. The van der Waals surface area contributed by atoms with Crippen LogP contribution in [-0.4, -0.2) is 28.9 Å². The number of nitriles is 1. The molecule has 0 aliphatic carbocycles. The first kappa shape index (κ1) is 14.1. The SMILES string of the molecule is CC(C)n1c(=O)c2c(-c3cnnn3C#N)ncn2c2ccccc21. The minimum Gasteiger partial charge on any atom is -0.302 e. The second-order valence-corrected chi connectivity index (χ2v) is 5.70. The molecule has 3 heterocycles. The summed E-state index contributed by atoms with van der Waals surface area (Å²) in [6, 6.07) is 7.65. The molecule has 8 nitrogen and oxygen atoms in total. The highest BCUT2D eigenvalue weighted by atomic mass is 16.1. The van der Waals surface area contributed by atoms with Crippen molar-refractivity contribution in [2.45, 2.75) is 19.9 Å². The highest BCUT2D eigenvalue weighted by Crippen LogP contribution is 2.24. The van der Waals surface area contributed by atoms with Gasteiger partial charge >= 0.3 is 0 Å². The number of aromatic nitrogens is 6. The maximum Gasteiger partial charge on any atom is 0.277 e. The van der Waals surface area contributed by atoms with Crippen molar-refractivity contribution < 1.29 is 0 Å². The monoisotopic (exact) mass is 319 g/mol. The minimum atomic E-state index is -0.165. The van der Waals surface area contributed by atoms with Crippen molar-refractivity contribution in [1.82, 2.24) is 28.9 Å². The Morgan fingerprint density at radius 2 is 1.96 bits per heavy atom. The van der Waals surface area contributed by atoms with Gasteiger partial charge in [-0.1, -0.05) is 17.3 Å². The molecule has 4 aromatic rings. The smallest absolute Gasteiger partial charge is 0.277 e. The zero-order valence-electron chi connectivity index (χ0n) is 13.1. The molecule has 4 rings (SSSR count). The summed E-state index contributed by atoms with van der Waals surface area (Å²) in [5.74, 6) is 0. The number of nitrogens with zero attached hydrogens (tertiary/aromatic N) is 7. The summed E-state index contributed by atoms with van der Waals surface area (Å²) in [7, 11) is 0. The van der Waals surface area contributed by atoms with E-state index in [2.05, 4.69) is 15.3 Å². The Labute approximate surface area is 136 Å². The topological polar surface area (TPSA) is 93.8 Å². The van der Waals surface area contributed by atoms with Gasteiger partial charge < -0.3 is 4.57 Å². The van der Waals surface area contributed by atoms with Gasteiger partial charge in [0.15, 0.2) is 0 Å². The molecule has 0 aliphatic heterocycles. The molecule has 118 valence electrons. The predicted octanol–water partition coefficient (Wildman–Crippen LogP) is 1.82. The van der Waals surface area contributed by atoms with Crippen LogP contribution < -0.4 is 5.56 Å². The number of hydrogen-bond donors (Lipinski definition) is 0. The van der Waals surface area contributed by atoms with Crippen LogP contribution in [0.15, 0.2) is 41.6 Å². The van der Waals surface area contributed by atoms with Gasteiger partial charge in [0.05, 0.1) is 17.2 Å². The lowest BCUT2D eigenvalue weighted by atomic mass is 10.2. The number of imidazole rings is 1. The summed E-state index contributed by atoms with van der Waals surface area (Å²) in [6.45, 7) is 3.92. The van der Waals surface area contributed by atoms with E-state index in [1.807, 2.05) is 44.3 Å². The van der Waals surface area contributed by atoms with Crippen LogP contribution >= 0.6 is 0 Å². The Morgan fingerprint density at radius 3 is 2.67 bits per heavy atom. The third-order valence-electron chi connectivity index (χ3n) is 3.99. The molecular formula is C16H13N7O. The standard InChI is InChI=1S/C16H13N7O/c1-10(2)23-12-6-4-3-5-11(12)21-9-18-14(15(21)16(23)24)13-7-19-20-22(13)8-17/h3-7,9-10H,1-2H3. The van der Waals surface area contributed by atoms with Gasteiger partial charge in [0.25, 0.3) is 5.56 Å². The van der Waals surface area contributed by atoms with Gasteiger partial charge in [-0.2, -0.15) is 5.26 Å². The van der Waals surface area contributed by atoms with Crippen molar-refractivity contribution in [3.63, 3.8) is 0 Å². The number of benzene rings is 1. The summed E-state index contributed by atoms with van der Waals surface area (Å²) >= 11 is 0. The molecule has 3 aromatic heterocycles. The van der Waals surface area contributed by atoms with Crippen molar-refractivity contribution in [2.24, 2.45) is 0 Å². The van der Waals surface area contributed by atoms with Crippen LogP contribution in [0.5, 0.6) is 0 Å². The highest BCUT2D eigenvalue weighted by molar-refractivity contribution is 5.84. The van der Waals surface area contributed by atoms with E-state index in [9.17, 15) is 4.79 Å². The largest absolute Gasteiger partial charge is 0.302 e. The van der Waals surface area contributed by atoms with Crippen molar-refractivity contribution in [1.29, 1.82) is 5.26 Å². The van der Waals surface area contributed by atoms with Crippen molar-refractivity contribution in [3.05, 3.63) is 47.1 Å². The lowest BCUT2D eigenvalue weighted by molar-refractivity contribution is 0.601. The normalized spacial score (nSPS) is 11.4. The predicted molar refractivity (Wildman–Crippen MR) is 87.4 cm³/mol. The van der Waals surface area contributed by atoms with E-state index in [0.717, 1.165) is 15.7 Å². The van der Waals surface area contributed by atoms with E-state index >= 15 is 0 Å². The van der Waals surface area contributed by atoms with Crippen LogP contribution in [0.3, 0.4) is 0 Å². The Bertz CT molecular complexity index is 1170. The van der Waals surface area contributed by atoms with Gasteiger partial charge in [-0.15, -0.1) is 9.78 Å². The third-order valence-corrected chi connectivity index (χ3v) is 3.99. The number of fused-ring (bicyclic) bond motifs is 3. The average Bonchev–Trinajstić information content (AvgIpc) is 3.21. The molecular weight excluding hydrogens is 306 g/mol. The summed E-state index contributed by atoms with van der Waals surface area (Å²) in [4.78, 5) is 17.5. The summed E-state index contributed by atoms with van der Waals surface area (Å²) in [5, 5.41) is 16.6. The lowest BCUT2D eigenvalue weighted by Crippen LogP contribution is -2.24. The Morgan fingerprint density at radius 1 is 1.21 bits per heavy atom. The zero-order chi connectivity index (χ0) is 16.8. The van der Waals surface area contributed by atoms with Crippen LogP contribution in [-0.2, 0) is 0 Å². The van der Waals surface area contributed by atoms with Gasteiger partial charge in [0.2, 0.25) is 6.19 Å². The Balaban J connectivity index is 2.22. The van der Waals surface area contributed by atoms with Crippen molar-refractivity contribution in [2.75, 3.05) is 0 Å². The van der Waals surface area contributed by atoms with E-state index in [-0.39, 0.29) is 11.6 Å². The Kier molecular flexibility index (Phi) is 2.96. The second kappa shape index (κ2) is 5.03. The molecule has 0 saturated heterocycles. The molecule has 0 spiro atoms. The molecule has 8 heteroatoms. The molecule has 0 unspecified atom stereocenters. The second-order valence-electron chi connectivity index (χ2n) is 5.70. The van der Waals surface area contributed by atoms with Crippen LogP contribution in [0.25, 0.3) is 27.9 Å². The van der Waals surface area contributed by atoms with E-state index in [0.29, 0.717) is 16.9 Å². The highest BCUT2D eigenvalue weighted by Gasteiger charge is 2.20. The molecule has 0 radical (unpaired) electrons. The van der Waals surface area contributed by atoms with Gasteiger partial charge in [-0.05, 0) is 26.0 Å². The zero-order valence-corrected chi connectivity index (χ0v) is 13.1. The van der Waals surface area contributed by atoms with E-state index < -0.39 is 0 Å². The lowest BCUT2D eigenvalue weighted by Gasteiger charge is -2.15. The Hall–Kier alpha value is -3.47. The van der Waals surface area contributed by atoms with Crippen molar-refractivity contribution in [3.8, 4) is 17.6 Å². The van der Waals surface area contributed by atoms with E-state index in [1.54, 1.807) is 15.3 Å². The minimum absolute atomic E-state index is 0.0193. The van der Waals surface area contributed by atoms with Crippen molar-refractivity contribution >= 4 is 16.6 Å². The van der Waals surface area contributed by atoms with E-state index in [4.69, 9.17) is 5.26 Å². The average molecular weight is 319 g/mol. The molecule has 0 amide bonds. The van der Waals surface area contributed by atoms with Gasteiger partial charge in [0.1, 0.15) is 23.2 Å². The first-order valence-electron chi connectivity index (χ1n) is 7.45. The quantitative estimate of drug-likeness (QED) is 0.562. The third kappa shape index (κ3) is 1.78. The van der Waals surface area contributed by atoms with Gasteiger partial charge in [-0.25, -0.2) is 4.98 Å².